The number of hydrogen-bond acceptors (Lipinski definition) is 4. The van der Waals surface area contributed by atoms with Crippen LogP contribution in [-0.4, -0.2) is 9.97 Å². The van der Waals surface area contributed by atoms with Crippen LogP contribution in [0.25, 0.3) is 65.2 Å². The maximum atomic E-state index is 6.58. The Hall–Kier alpha value is -6.36. The van der Waals surface area contributed by atoms with Gasteiger partial charge in [0.05, 0.1) is 21.3 Å². The van der Waals surface area contributed by atoms with Gasteiger partial charge in [-0.25, -0.2) is 9.97 Å². The first-order chi connectivity index (χ1) is 25.3. The van der Waals surface area contributed by atoms with Gasteiger partial charge >= 0.3 is 0 Å². The van der Waals surface area contributed by atoms with Crippen molar-refractivity contribution in [1.82, 2.24) is 9.97 Å². The molecule has 4 heteroatoms. The molecule has 3 nitrogen and oxygen atoms in total. The van der Waals surface area contributed by atoms with Crippen molar-refractivity contribution in [3.05, 3.63) is 192 Å². The van der Waals surface area contributed by atoms with Gasteiger partial charge in [-0.05, 0) is 57.6 Å². The first kappa shape index (κ1) is 28.5. The number of nitrogens with zero attached hydrogens (tertiary/aromatic N) is 2. The molecule has 0 N–H and O–H groups in total. The average Bonchev–Trinajstić information content (AvgIpc) is 3.72. The predicted octanol–water partition coefficient (Wildman–Crippen LogP) is 12.3. The number of benzene rings is 7. The summed E-state index contributed by atoms with van der Waals surface area (Å²) < 4.78 is 8.88. The van der Waals surface area contributed by atoms with Crippen LogP contribution in [0.15, 0.2) is 170 Å². The fraction of sp³-hybridized carbons (Fsp3) is 0.0213. The standard InChI is InChI=1S/C47H28N2OS/c1-2-12-29(13-3-1)30-22-24-31(25-23-30)46-48-43(45-44(49-46)35-15-5-11-21-42(35)51-45)32-26-27-34-33-14-4-6-16-36(33)47(39(34)28-32)37-17-7-9-19-40(37)50-41-20-10-8-18-38(41)47/h1-28H. The smallest absolute Gasteiger partial charge is 0.160 e. The third-order valence-electron chi connectivity index (χ3n) is 10.6. The van der Waals surface area contributed by atoms with E-state index in [1.54, 1.807) is 11.3 Å². The van der Waals surface area contributed by atoms with Crippen molar-refractivity contribution in [3.63, 3.8) is 0 Å². The Bertz CT molecular complexity index is 2790. The number of ether oxygens (including phenoxy) is 1. The fourth-order valence-corrected chi connectivity index (χ4v) is 9.51. The molecule has 9 aromatic rings. The van der Waals surface area contributed by atoms with Gasteiger partial charge in [0.15, 0.2) is 5.82 Å². The van der Waals surface area contributed by atoms with Gasteiger partial charge < -0.3 is 4.74 Å². The van der Waals surface area contributed by atoms with E-state index >= 15 is 0 Å². The van der Waals surface area contributed by atoms with E-state index in [9.17, 15) is 0 Å². The molecule has 11 rings (SSSR count). The van der Waals surface area contributed by atoms with Crippen LogP contribution in [0, 0.1) is 0 Å². The number of aromatic nitrogens is 2. The van der Waals surface area contributed by atoms with Crippen molar-refractivity contribution >= 4 is 31.6 Å². The van der Waals surface area contributed by atoms with Crippen LogP contribution in [0.5, 0.6) is 11.5 Å². The summed E-state index contributed by atoms with van der Waals surface area (Å²) in [6.45, 7) is 0. The molecule has 238 valence electrons. The molecule has 1 aliphatic heterocycles. The molecule has 3 heterocycles. The van der Waals surface area contributed by atoms with Gasteiger partial charge in [-0.1, -0.05) is 146 Å². The first-order valence-electron chi connectivity index (χ1n) is 17.2. The van der Waals surface area contributed by atoms with E-state index in [-0.39, 0.29) is 0 Å². The van der Waals surface area contributed by atoms with Crippen molar-refractivity contribution in [2.45, 2.75) is 5.41 Å². The van der Waals surface area contributed by atoms with Gasteiger partial charge in [0.2, 0.25) is 0 Å². The maximum Gasteiger partial charge on any atom is 0.160 e. The quantitative estimate of drug-likeness (QED) is 0.188. The average molecular weight is 669 g/mol. The summed E-state index contributed by atoms with van der Waals surface area (Å²) in [5.41, 5.74) is 13.1. The summed E-state index contributed by atoms with van der Waals surface area (Å²) in [7, 11) is 0. The monoisotopic (exact) mass is 668 g/mol. The second kappa shape index (κ2) is 10.8. The lowest BCUT2D eigenvalue weighted by molar-refractivity contribution is 0.436. The zero-order valence-electron chi connectivity index (χ0n) is 27.4. The highest BCUT2D eigenvalue weighted by atomic mass is 32.1. The minimum atomic E-state index is -0.546. The summed E-state index contributed by atoms with van der Waals surface area (Å²) in [5, 5.41) is 1.15. The van der Waals surface area contributed by atoms with E-state index in [1.807, 2.05) is 6.07 Å². The lowest BCUT2D eigenvalue weighted by Gasteiger charge is -2.39. The lowest BCUT2D eigenvalue weighted by Crippen LogP contribution is -2.32. The van der Waals surface area contributed by atoms with Gasteiger partial charge in [0.25, 0.3) is 0 Å². The van der Waals surface area contributed by atoms with Crippen molar-refractivity contribution in [1.29, 1.82) is 0 Å². The van der Waals surface area contributed by atoms with E-state index in [1.165, 1.54) is 38.1 Å². The number of para-hydroxylation sites is 2. The second-order valence-electron chi connectivity index (χ2n) is 13.3. The Labute approximate surface area is 299 Å². The van der Waals surface area contributed by atoms with Crippen molar-refractivity contribution < 1.29 is 4.74 Å². The molecule has 51 heavy (non-hydrogen) atoms. The molecule has 0 saturated heterocycles. The number of rotatable bonds is 3. The highest BCUT2D eigenvalue weighted by Gasteiger charge is 2.51. The van der Waals surface area contributed by atoms with Crippen LogP contribution in [0.2, 0.25) is 0 Å². The fourth-order valence-electron chi connectivity index (χ4n) is 8.36. The third kappa shape index (κ3) is 4.05. The van der Waals surface area contributed by atoms with E-state index in [0.29, 0.717) is 0 Å². The molecule has 2 aliphatic rings. The third-order valence-corrected chi connectivity index (χ3v) is 11.8. The van der Waals surface area contributed by atoms with Crippen LogP contribution in [0.4, 0.5) is 0 Å². The summed E-state index contributed by atoms with van der Waals surface area (Å²) >= 11 is 1.77. The minimum Gasteiger partial charge on any atom is -0.457 e. The van der Waals surface area contributed by atoms with Crippen LogP contribution in [-0.2, 0) is 5.41 Å². The number of fused-ring (bicyclic) bond motifs is 12. The summed E-state index contributed by atoms with van der Waals surface area (Å²) in [5.74, 6) is 2.50. The summed E-state index contributed by atoms with van der Waals surface area (Å²) in [6, 6.07) is 60.5. The predicted molar refractivity (Wildman–Crippen MR) is 209 cm³/mol. The normalized spacial score (nSPS) is 13.4. The molecular formula is C47H28N2OS. The molecule has 0 unspecified atom stereocenters. The van der Waals surface area contributed by atoms with Gasteiger partial charge in [-0.3, -0.25) is 0 Å². The van der Waals surface area contributed by atoms with E-state index in [0.717, 1.165) is 60.9 Å². The van der Waals surface area contributed by atoms with Gasteiger partial charge in [0, 0.05) is 32.3 Å². The zero-order valence-corrected chi connectivity index (χ0v) is 28.2. The van der Waals surface area contributed by atoms with E-state index in [4.69, 9.17) is 14.7 Å². The Balaban J connectivity index is 1.17. The molecule has 7 aromatic carbocycles. The van der Waals surface area contributed by atoms with Crippen LogP contribution >= 0.6 is 11.3 Å². The number of thiophene rings is 1. The molecule has 0 radical (unpaired) electrons. The lowest BCUT2D eigenvalue weighted by atomic mass is 9.66. The van der Waals surface area contributed by atoms with Gasteiger partial charge in [-0.15, -0.1) is 11.3 Å². The molecule has 0 atom stereocenters. The summed E-state index contributed by atoms with van der Waals surface area (Å²) in [6.07, 6.45) is 0. The topological polar surface area (TPSA) is 35.0 Å². The number of hydrogen-bond donors (Lipinski definition) is 0. The highest BCUT2D eigenvalue weighted by Crippen LogP contribution is 2.62. The van der Waals surface area contributed by atoms with Crippen LogP contribution < -0.4 is 4.74 Å². The SMILES string of the molecule is c1ccc(-c2ccc(-c3nc(-c4ccc5c(c4)C4(c6ccccc6Oc6ccccc64)c4ccccc4-5)c4sc5ccccc5c4n3)cc2)cc1. The maximum absolute atomic E-state index is 6.58. The molecule has 0 amide bonds. The first-order valence-corrected chi connectivity index (χ1v) is 18.1. The largest absolute Gasteiger partial charge is 0.457 e. The Morgan fingerprint density at radius 2 is 1.04 bits per heavy atom. The second-order valence-corrected chi connectivity index (χ2v) is 14.3. The highest BCUT2D eigenvalue weighted by molar-refractivity contribution is 7.26. The van der Waals surface area contributed by atoms with E-state index < -0.39 is 5.41 Å². The minimum absolute atomic E-state index is 0.546. The van der Waals surface area contributed by atoms with Crippen LogP contribution in [0.3, 0.4) is 0 Å². The molecule has 0 saturated carbocycles. The Morgan fingerprint density at radius 3 is 1.82 bits per heavy atom. The molecular weight excluding hydrogens is 641 g/mol. The van der Waals surface area contributed by atoms with Crippen molar-refractivity contribution in [2.75, 3.05) is 0 Å². The summed E-state index contributed by atoms with van der Waals surface area (Å²) in [4.78, 5) is 10.7. The molecule has 2 aromatic heterocycles. The van der Waals surface area contributed by atoms with Gasteiger partial charge in [0.1, 0.15) is 11.5 Å². The molecule has 1 aliphatic carbocycles. The van der Waals surface area contributed by atoms with Crippen molar-refractivity contribution in [2.24, 2.45) is 0 Å². The molecule has 0 bridgehead atoms. The van der Waals surface area contributed by atoms with Gasteiger partial charge in [-0.2, -0.15) is 0 Å². The van der Waals surface area contributed by atoms with Crippen molar-refractivity contribution in [3.8, 4) is 56.4 Å². The molecule has 0 fully saturated rings. The Kier molecular flexibility index (Phi) is 6.04. The Morgan fingerprint density at radius 1 is 0.451 bits per heavy atom. The molecule has 1 spiro atoms. The van der Waals surface area contributed by atoms with Crippen LogP contribution in [0.1, 0.15) is 22.3 Å². The zero-order chi connectivity index (χ0) is 33.5. The van der Waals surface area contributed by atoms with E-state index in [2.05, 4.69) is 164 Å².